The van der Waals surface area contributed by atoms with E-state index in [1.54, 1.807) is 24.3 Å². The van der Waals surface area contributed by atoms with E-state index in [0.717, 1.165) is 4.90 Å². The molecule has 6 nitrogen and oxygen atoms in total. The number of carbonyl (C=O) groups excluding carboxylic acids is 2. The van der Waals surface area contributed by atoms with Gasteiger partial charge in [0.1, 0.15) is 12.7 Å². The molecule has 2 aliphatic heterocycles. The number of oxime groups is 1. The summed E-state index contributed by atoms with van der Waals surface area (Å²) in [6, 6.07) is 7.01. The van der Waals surface area contributed by atoms with Crippen molar-refractivity contribution in [1.29, 1.82) is 0 Å². The summed E-state index contributed by atoms with van der Waals surface area (Å²) in [7, 11) is 0. The smallest absolute Gasteiger partial charge is 0.287 e. The molecule has 0 spiro atoms. The Balaban J connectivity index is 1.91. The molecule has 1 unspecified atom stereocenters. The quantitative estimate of drug-likeness (QED) is 0.592. The Morgan fingerprint density at radius 2 is 2.26 bits per heavy atom. The van der Waals surface area contributed by atoms with Gasteiger partial charge in [0.15, 0.2) is 5.71 Å². The maximum atomic E-state index is 12.2. The van der Waals surface area contributed by atoms with Crippen molar-refractivity contribution in [1.82, 2.24) is 0 Å². The van der Waals surface area contributed by atoms with Gasteiger partial charge in [-0.15, -0.1) is 0 Å². The van der Waals surface area contributed by atoms with Gasteiger partial charge in [0.25, 0.3) is 5.91 Å². The summed E-state index contributed by atoms with van der Waals surface area (Å²) in [5, 5.41) is 3.85. The maximum Gasteiger partial charge on any atom is 0.287 e. The van der Waals surface area contributed by atoms with Gasteiger partial charge in [0.2, 0.25) is 5.91 Å². The van der Waals surface area contributed by atoms with Crippen molar-refractivity contribution in [2.45, 2.75) is 13.0 Å². The average Bonchev–Trinajstić information content (AvgIpc) is 3.15. The molecule has 3 rings (SSSR count). The SMILES string of the molecule is CC(=O)N1C(=O)/C(=N\OCC2CO2)c2ccccc21. The summed E-state index contributed by atoms with van der Waals surface area (Å²) in [6.07, 6.45) is 0.0695. The van der Waals surface area contributed by atoms with Crippen LogP contribution in [-0.4, -0.2) is 36.8 Å². The van der Waals surface area contributed by atoms with Gasteiger partial charge in [-0.25, -0.2) is 4.90 Å². The number of ether oxygens (including phenoxy) is 1. The second-order valence-corrected chi connectivity index (χ2v) is 4.37. The van der Waals surface area contributed by atoms with Gasteiger partial charge in [-0.05, 0) is 6.07 Å². The molecule has 0 radical (unpaired) electrons. The Hall–Kier alpha value is -2.21. The molecule has 1 aromatic carbocycles. The van der Waals surface area contributed by atoms with Crippen molar-refractivity contribution in [2.75, 3.05) is 18.1 Å². The predicted octanol–water partition coefficient (Wildman–Crippen LogP) is 0.699. The molecule has 0 aromatic heterocycles. The molecule has 2 amide bonds. The third-order valence-corrected chi connectivity index (χ3v) is 2.94. The van der Waals surface area contributed by atoms with E-state index in [9.17, 15) is 9.59 Å². The average molecular weight is 260 g/mol. The van der Waals surface area contributed by atoms with Crippen molar-refractivity contribution in [3.05, 3.63) is 29.8 Å². The maximum absolute atomic E-state index is 12.2. The lowest BCUT2D eigenvalue weighted by Crippen LogP contribution is -2.34. The van der Waals surface area contributed by atoms with Crippen LogP contribution >= 0.6 is 0 Å². The van der Waals surface area contributed by atoms with Crippen LogP contribution in [0.3, 0.4) is 0 Å². The number of rotatable bonds is 3. The van der Waals surface area contributed by atoms with Gasteiger partial charge >= 0.3 is 0 Å². The van der Waals surface area contributed by atoms with Crippen LogP contribution < -0.4 is 4.90 Å². The number of imide groups is 1. The van der Waals surface area contributed by atoms with Crippen LogP contribution in [-0.2, 0) is 19.2 Å². The highest BCUT2D eigenvalue weighted by Crippen LogP contribution is 2.29. The van der Waals surface area contributed by atoms with E-state index < -0.39 is 5.91 Å². The zero-order valence-electron chi connectivity index (χ0n) is 10.3. The van der Waals surface area contributed by atoms with Gasteiger partial charge < -0.3 is 9.57 Å². The fourth-order valence-electron chi connectivity index (χ4n) is 1.95. The third-order valence-electron chi connectivity index (χ3n) is 2.94. The van der Waals surface area contributed by atoms with Crippen LogP contribution in [0.2, 0.25) is 0 Å². The van der Waals surface area contributed by atoms with E-state index in [-0.39, 0.29) is 17.7 Å². The minimum absolute atomic E-state index is 0.0695. The minimum atomic E-state index is -0.453. The number of nitrogens with zero attached hydrogens (tertiary/aromatic N) is 2. The number of hydrogen-bond donors (Lipinski definition) is 0. The van der Waals surface area contributed by atoms with Gasteiger partial charge in [-0.2, -0.15) is 0 Å². The third kappa shape index (κ3) is 2.10. The molecule has 2 heterocycles. The highest BCUT2D eigenvalue weighted by Gasteiger charge is 2.37. The first kappa shape index (κ1) is 11.9. The molecule has 0 N–H and O–H groups in total. The number of carbonyl (C=O) groups is 2. The van der Waals surface area contributed by atoms with Crippen LogP contribution in [0.5, 0.6) is 0 Å². The molecule has 19 heavy (non-hydrogen) atoms. The first-order valence-corrected chi connectivity index (χ1v) is 5.94. The summed E-state index contributed by atoms with van der Waals surface area (Å²) >= 11 is 0. The topological polar surface area (TPSA) is 71.5 Å². The summed E-state index contributed by atoms with van der Waals surface area (Å²) in [6.45, 7) is 2.32. The first-order chi connectivity index (χ1) is 9.18. The van der Waals surface area contributed by atoms with E-state index in [0.29, 0.717) is 24.5 Å². The van der Waals surface area contributed by atoms with E-state index in [1.165, 1.54) is 6.92 Å². The van der Waals surface area contributed by atoms with Crippen molar-refractivity contribution < 1.29 is 19.2 Å². The summed E-state index contributed by atoms with van der Waals surface area (Å²) < 4.78 is 4.99. The van der Waals surface area contributed by atoms with Crippen molar-refractivity contribution in [3.8, 4) is 0 Å². The predicted molar refractivity (Wildman–Crippen MR) is 66.8 cm³/mol. The molecule has 1 aromatic rings. The molecule has 1 atom stereocenters. The van der Waals surface area contributed by atoms with Crippen LogP contribution in [0.15, 0.2) is 29.4 Å². The zero-order valence-corrected chi connectivity index (χ0v) is 10.3. The van der Waals surface area contributed by atoms with Crippen LogP contribution in [0.1, 0.15) is 12.5 Å². The molecule has 2 aliphatic rings. The lowest BCUT2D eigenvalue weighted by Gasteiger charge is -2.10. The fourth-order valence-corrected chi connectivity index (χ4v) is 1.95. The number of amides is 2. The number of fused-ring (bicyclic) bond motifs is 1. The number of hydrogen-bond acceptors (Lipinski definition) is 5. The number of epoxide rings is 1. The zero-order chi connectivity index (χ0) is 13.4. The van der Waals surface area contributed by atoms with Gasteiger partial charge in [0.05, 0.1) is 12.3 Å². The van der Waals surface area contributed by atoms with Crippen LogP contribution in [0, 0.1) is 0 Å². The monoisotopic (exact) mass is 260 g/mol. The standard InChI is InChI=1S/C13H12N2O4/c1-8(16)15-11-5-3-2-4-10(11)12(13(15)17)14-19-7-9-6-18-9/h2-5,9H,6-7H2,1H3/b14-12-. The molecule has 0 saturated carbocycles. The molecule has 0 bridgehead atoms. The van der Waals surface area contributed by atoms with Crippen molar-refractivity contribution in [3.63, 3.8) is 0 Å². The summed E-state index contributed by atoms with van der Waals surface area (Å²) in [5.41, 5.74) is 1.32. The van der Waals surface area contributed by atoms with E-state index in [4.69, 9.17) is 9.57 Å². The highest BCUT2D eigenvalue weighted by atomic mass is 16.7. The van der Waals surface area contributed by atoms with E-state index >= 15 is 0 Å². The fraction of sp³-hybridized carbons (Fsp3) is 0.308. The number of para-hydroxylation sites is 1. The molecule has 1 saturated heterocycles. The largest absolute Gasteiger partial charge is 0.392 e. The van der Waals surface area contributed by atoms with Crippen LogP contribution in [0.4, 0.5) is 5.69 Å². The van der Waals surface area contributed by atoms with Crippen molar-refractivity contribution >= 4 is 23.2 Å². The van der Waals surface area contributed by atoms with Crippen LogP contribution in [0.25, 0.3) is 0 Å². The second-order valence-electron chi connectivity index (χ2n) is 4.37. The number of benzene rings is 1. The molecule has 6 heteroatoms. The second kappa shape index (κ2) is 4.47. The Kier molecular flexibility index (Phi) is 2.79. The Morgan fingerprint density at radius 3 is 2.95 bits per heavy atom. The van der Waals surface area contributed by atoms with E-state index in [1.807, 2.05) is 0 Å². The summed E-state index contributed by atoms with van der Waals surface area (Å²) in [4.78, 5) is 29.9. The van der Waals surface area contributed by atoms with Gasteiger partial charge in [0, 0.05) is 12.5 Å². The molecular formula is C13H12N2O4. The Morgan fingerprint density at radius 1 is 1.53 bits per heavy atom. The Labute approximate surface area is 109 Å². The molecule has 98 valence electrons. The Bertz CT molecular complexity index is 578. The molecular weight excluding hydrogens is 248 g/mol. The van der Waals surface area contributed by atoms with Gasteiger partial charge in [-0.1, -0.05) is 23.4 Å². The molecule has 0 aliphatic carbocycles. The number of anilines is 1. The van der Waals surface area contributed by atoms with Gasteiger partial charge in [-0.3, -0.25) is 9.59 Å². The first-order valence-electron chi connectivity index (χ1n) is 5.94. The lowest BCUT2D eigenvalue weighted by molar-refractivity contribution is -0.122. The normalized spacial score (nSPS) is 22.6. The molecule has 1 fully saturated rings. The van der Waals surface area contributed by atoms with Crippen molar-refractivity contribution in [2.24, 2.45) is 5.16 Å². The summed E-state index contributed by atoms with van der Waals surface area (Å²) in [5.74, 6) is -0.793. The minimum Gasteiger partial charge on any atom is -0.392 e. The highest BCUT2D eigenvalue weighted by molar-refractivity contribution is 6.57. The lowest BCUT2D eigenvalue weighted by atomic mass is 10.1. The van der Waals surface area contributed by atoms with E-state index in [2.05, 4.69) is 5.16 Å².